The third-order valence-corrected chi connectivity index (χ3v) is 8.06. The van der Waals surface area contributed by atoms with E-state index < -0.39 is 11.2 Å². The van der Waals surface area contributed by atoms with Crippen LogP contribution in [0.5, 0.6) is 0 Å². The highest BCUT2D eigenvalue weighted by Crippen LogP contribution is 2.46. The van der Waals surface area contributed by atoms with Crippen LogP contribution in [0.3, 0.4) is 0 Å². The number of anilines is 1. The fourth-order valence-corrected chi connectivity index (χ4v) is 5.92. The molecule has 0 aliphatic heterocycles. The number of fused-ring (bicyclic) bond motifs is 1. The summed E-state index contributed by atoms with van der Waals surface area (Å²) >= 11 is 0.141. The maximum absolute atomic E-state index is 12.7. The van der Waals surface area contributed by atoms with E-state index in [9.17, 15) is 9.35 Å². The first-order chi connectivity index (χ1) is 13.5. The molecular weight excluding hydrogens is 396 g/mol. The lowest BCUT2D eigenvalue weighted by atomic mass is 9.79. The van der Waals surface area contributed by atoms with Crippen LogP contribution in [-0.2, 0) is 23.0 Å². The van der Waals surface area contributed by atoms with Crippen molar-refractivity contribution in [1.29, 1.82) is 0 Å². The molecule has 1 fully saturated rings. The van der Waals surface area contributed by atoms with Crippen LogP contribution < -0.4 is 11.3 Å². The maximum atomic E-state index is 12.7. The molecule has 1 saturated carbocycles. The summed E-state index contributed by atoms with van der Waals surface area (Å²) in [7, 11) is 3.20. The number of nitrogens with zero attached hydrogens (tertiary/aromatic N) is 3. The molecule has 3 aromatic heterocycles. The van der Waals surface area contributed by atoms with Crippen LogP contribution in [0, 0.1) is 0 Å². The van der Waals surface area contributed by atoms with Crippen LogP contribution in [0.15, 0.2) is 27.3 Å². The van der Waals surface area contributed by atoms with Crippen LogP contribution >= 0.6 is 11.3 Å². The Morgan fingerprint density at radius 1 is 1.43 bits per heavy atom. The van der Waals surface area contributed by atoms with Gasteiger partial charge in [-0.3, -0.25) is 4.79 Å². The molecule has 1 aliphatic carbocycles. The molecule has 0 bridgehead atoms. The van der Waals surface area contributed by atoms with Crippen molar-refractivity contribution in [2.24, 2.45) is 7.05 Å². The minimum Gasteiger partial charge on any atom is -0.611 e. The average molecular weight is 419 g/mol. The van der Waals surface area contributed by atoms with Crippen molar-refractivity contribution in [3.05, 3.63) is 34.2 Å². The number of methoxy groups -OCH3 is 1. The molecule has 1 aliphatic rings. The zero-order valence-corrected chi connectivity index (χ0v) is 17.4. The summed E-state index contributed by atoms with van der Waals surface area (Å²) in [6.07, 6.45) is 5.04. The van der Waals surface area contributed by atoms with Gasteiger partial charge in [-0.25, -0.2) is 9.67 Å². The molecule has 28 heavy (non-hydrogen) atoms. The number of aromatic nitrogens is 3. The number of hydrogen-bond donors (Lipinski definition) is 1. The maximum Gasteiger partial charge on any atom is 0.267 e. The lowest BCUT2D eigenvalue weighted by molar-refractivity contribution is 0.217. The predicted octanol–water partition coefficient (Wildman–Crippen LogP) is 2.66. The highest BCUT2D eigenvalue weighted by Gasteiger charge is 2.29. The largest absolute Gasteiger partial charge is 0.611 e. The highest BCUT2D eigenvalue weighted by molar-refractivity contribution is 7.93. The summed E-state index contributed by atoms with van der Waals surface area (Å²) in [5.41, 5.74) is 9.33. The fourth-order valence-electron chi connectivity index (χ4n) is 3.35. The number of hydrogen-bond acceptors (Lipinski definition) is 7. The van der Waals surface area contributed by atoms with Crippen LogP contribution in [0.2, 0.25) is 0 Å². The van der Waals surface area contributed by atoms with Crippen LogP contribution in [-0.4, -0.2) is 38.8 Å². The van der Waals surface area contributed by atoms with E-state index in [1.165, 1.54) is 22.4 Å². The van der Waals surface area contributed by atoms with E-state index in [4.69, 9.17) is 15.5 Å². The molecule has 2 N–H and O–H groups in total. The second-order valence-electron chi connectivity index (χ2n) is 6.96. The Kier molecular flexibility index (Phi) is 5.42. The first-order valence-corrected chi connectivity index (χ1v) is 11.3. The van der Waals surface area contributed by atoms with Crippen molar-refractivity contribution in [3.8, 4) is 11.3 Å². The Labute approximate surface area is 169 Å². The van der Waals surface area contributed by atoms with E-state index in [0.717, 1.165) is 28.6 Å². The lowest BCUT2D eigenvalue weighted by Gasteiger charge is -2.27. The van der Waals surface area contributed by atoms with Crippen LogP contribution in [0.25, 0.3) is 21.5 Å². The second-order valence-corrected chi connectivity index (χ2v) is 9.72. The molecule has 1 atom stereocenters. The third kappa shape index (κ3) is 3.43. The van der Waals surface area contributed by atoms with E-state index >= 15 is 0 Å². The fraction of sp³-hybridized carbons (Fsp3) is 0.421. The molecule has 0 aromatic carbocycles. The van der Waals surface area contributed by atoms with Gasteiger partial charge >= 0.3 is 0 Å². The Balaban J connectivity index is 1.87. The van der Waals surface area contributed by atoms with E-state index in [-0.39, 0.29) is 5.56 Å². The Morgan fingerprint density at radius 3 is 2.86 bits per heavy atom. The molecule has 3 heterocycles. The first-order valence-electron chi connectivity index (χ1n) is 9.13. The molecule has 4 rings (SSSR count). The number of nitrogen functional groups attached to an aromatic ring is 1. The van der Waals surface area contributed by atoms with Gasteiger partial charge < -0.3 is 15.0 Å². The highest BCUT2D eigenvalue weighted by atomic mass is 32.2. The van der Waals surface area contributed by atoms with E-state index in [2.05, 4.69) is 5.10 Å². The molecule has 3 aromatic rings. The van der Waals surface area contributed by atoms with Crippen molar-refractivity contribution in [1.82, 2.24) is 14.8 Å². The Hall–Kier alpha value is -1.94. The number of aryl methyl sites for hydroxylation is 1. The van der Waals surface area contributed by atoms with Gasteiger partial charge in [-0.1, -0.05) is 17.8 Å². The smallest absolute Gasteiger partial charge is 0.267 e. The summed E-state index contributed by atoms with van der Waals surface area (Å²) in [6.45, 7) is 0.410. The molecule has 7 nitrogen and oxygen atoms in total. The van der Waals surface area contributed by atoms with Crippen molar-refractivity contribution in [2.45, 2.75) is 29.4 Å². The number of pyridine rings is 1. The van der Waals surface area contributed by atoms with Gasteiger partial charge in [-0.05, 0) is 30.4 Å². The van der Waals surface area contributed by atoms with Gasteiger partial charge in [0.05, 0.1) is 18.5 Å². The minimum absolute atomic E-state index is 0.184. The molecule has 0 spiro atoms. The van der Waals surface area contributed by atoms with Crippen molar-refractivity contribution < 1.29 is 9.29 Å². The van der Waals surface area contributed by atoms with Crippen LogP contribution in [0.1, 0.15) is 30.7 Å². The van der Waals surface area contributed by atoms with Gasteiger partial charge in [0.2, 0.25) is 4.21 Å². The van der Waals surface area contributed by atoms with Gasteiger partial charge in [0.25, 0.3) is 5.56 Å². The number of ether oxygens (including phenoxy) is 1. The SMILES string of the molecule is COCC[S+]([O-])c1sc2nc(-c3cnn(C)c(=O)c3)cc(C3CCC3)c2c1N. The second kappa shape index (κ2) is 7.82. The van der Waals surface area contributed by atoms with Crippen LogP contribution in [0.4, 0.5) is 5.69 Å². The normalized spacial score (nSPS) is 15.7. The molecule has 0 radical (unpaired) electrons. The van der Waals surface area contributed by atoms with Gasteiger partial charge in [-0.2, -0.15) is 5.10 Å². The van der Waals surface area contributed by atoms with Gasteiger partial charge in [0.1, 0.15) is 16.3 Å². The summed E-state index contributed by atoms with van der Waals surface area (Å²) in [5, 5.41) is 5.02. The molecule has 148 valence electrons. The van der Waals surface area contributed by atoms with Crippen molar-refractivity contribution >= 4 is 38.4 Å². The summed E-state index contributed by atoms with van der Waals surface area (Å²) < 4.78 is 19.7. The van der Waals surface area contributed by atoms with E-state index in [1.54, 1.807) is 26.4 Å². The minimum atomic E-state index is -1.23. The lowest BCUT2D eigenvalue weighted by Crippen LogP contribution is -2.18. The number of nitrogens with two attached hydrogens (primary N) is 1. The third-order valence-electron chi connectivity index (χ3n) is 5.18. The average Bonchev–Trinajstić information content (AvgIpc) is 2.97. The van der Waals surface area contributed by atoms with Gasteiger partial charge in [0.15, 0.2) is 0 Å². The molecule has 0 amide bonds. The monoisotopic (exact) mass is 418 g/mol. The van der Waals surface area contributed by atoms with Crippen molar-refractivity contribution in [3.63, 3.8) is 0 Å². The Morgan fingerprint density at radius 2 is 2.21 bits per heavy atom. The molecular formula is C19H22N4O3S2. The predicted molar refractivity (Wildman–Crippen MR) is 112 cm³/mol. The molecule has 1 unspecified atom stereocenters. The quantitative estimate of drug-likeness (QED) is 0.617. The summed E-state index contributed by atoms with van der Waals surface area (Å²) in [4.78, 5) is 17.5. The van der Waals surface area contributed by atoms with E-state index in [0.29, 0.717) is 39.4 Å². The number of thiophene rings is 1. The summed E-state index contributed by atoms with van der Waals surface area (Å²) in [5.74, 6) is 0.818. The zero-order chi connectivity index (χ0) is 19.8. The summed E-state index contributed by atoms with van der Waals surface area (Å²) in [6, 6.07) is 3.56. The van der Waals surface area contributed by atoms with E-state index in [1.807, 2.05) is 6.07 Å². The number of rotatable bonds is 6. The Bertz CT molecular complexity index is 1070. The standard InChI is InChI=1S/C19H22N4O3S2/c1-23-15(24)8-12(10-21-23)14-9-13(11-4-3-5-11)16-17(20)19(27-18(16)22-14)28(25)7-6-26-2/h8-11H,3-7,20H2,1-2H3. The van der Waals surface area contributed by atoms with Gasteiger partial charge in [-0.15, -0.1) is 0 Å². The molecule has 0 saturated heterocycles. The first kappa shape index (κ1) is 19.4. The topological polar surface area (TPSA) is 106 Å². The molecule has 9 heteroatoms. The van der Waals surface area contributed by atoms with Crippen molar-refractivity contribution in [2.75, 3.05) is 25.2 Å². The van der Waals surface area contributed by atoms with Gasteiger partial charge in [0, 0.05) is 42.3 Å². The zero-order valence-electron chi connectivity index (χ0n) is 15.8.